The fraction of sp³-hybridized carbons (Fsp3) is 0.348. The van der Waals surface area contributed by atoms with Crippen molar-refractivity contribution in [3.63, 3.8) is 0 Å². The van der Waals surface area contributed by atoms with E-state index in [-0.39, 0.29) is 0 Å². The minimum atomic E-state index is -0.889. The molecule has 0 amide bonds. The van der Waals surface area contributed by atoms with Gasteiger partial charge in [-0.15, -0.1) is 0 Å². The summed E-state index contributed by atoms with van der Waals surface area (Å²) in [6, 6.07) is 43.5. The lowest BCUT2D eigenvalue weighted by atomic mass is 9.87. The van der Waals surface area contributed by atoms with E-state index in [2.05, 4.69) is 248 Å². The van der Waals surface area contributed by atoms with Gasteiger partial charge in [0, 0.05) is 56.6 Å². The number of hydrogen-bond acceptors (Lipinski definition) is 2. The largest absolute Gasteiger partial charge is 0.264 e. The first-order valence-corrected chi connectivity index (χ1v) is 29.7. The van der Waals surface area contributed by atoms with Crippen molar-refractivity contribution in [1.29, 1.82) is 0 Å². The Kier molecular flexibility index (Phi) is 15.4. The van der Waals surface area contributed by atoms with Gasteiger partial charge in [-0.2, -0.15) is 0 Å². The van der Waals surface area contributed by atoms with Crippen molar-refractivity contribution in [3.8, 4) is 33.8 Å². The lowest BCUT2D eigenvalue weighted by Crippen LogP contribution is -2.31. The van der Waals surface area contributed by atoms with Gasteiger partial charge in [0.1, 0.15) is 21.1 Å². The number of rotatable bonds is 6. The molecule has 0 N–H and O–H groups in total. The maximum absolute atomic E-state index is 4.32. The monoisotopic (exact) mass is 971 g/mol. The quantitative estimate of drug-likeness (QED) is 0.123. The standard InChI is InChI=1S/C24H30NSi.2C21H25N2/c1-18-7-5-6-8-22(18)24-23-10-9-20(17-21(23)11-14-25(24)2)19-12-15-26(3,4)16-13-19;1-15-14-22-10-8-18(15)20-19-7-6-16(13-21(2,3)4)12-17(19)9-11-23(20)5;1-15-8-10-22-14-19(15)20-18-7-6-16(13-21(2,3)4)12-17(18)9-11-23(20)5/h5-11,14,17,19H,12-13,15-16H2,1-4H3;2*6-12,14H,13H2,1-5H3/q3*+1. The summed E-state index contributed by atoms with van der Waals surface area (Å²) in [6.07, 6.45) is 19.1. The molecule has 0 spiro atoms. The highest BCUT2D eigenvalue weighted by Crippen LogP contribution is 2.40. The van der Waals surface area contributed by atoms with Gasteiger partial charge < -0.3 is 0 Å². The smallest absolute Gasteiger partial charge is 0.221 e. The van der Waals surface area contributed by atoms with Crippen molar-refractivity contribution in [2.24, 2.45) is 32.0 Å². The van der Waals surface area contributed by atoms with E-state index in [1.54, 1.807) is 5.56 Å². The van der Waals surface area contributed by atoms with Crippen LogP contribution < -0.4 is 13.7 Å². The second-order valence-corrected chi connectivity index (χ2v) is 29.5. The van der Waals surface area contributed by atoms with Gasteiger partial charge >= 0.3 is 0 Å². The summed E-state index contributed by atoms with van der Waals surface area (Å²) < 4.78 is 6.66. The lowest BCUT2D eigenvalue weighted by molar-refractivity contribution is -0.659. The van der Waals surface area contributed by atoms with E-state index in [4.69, 9.17) is 0 Å². The molecule has 72 heavy (non-hydrogen) atoms. The molecular formula is C66H80N5Si+3. The van der Waals surface area contributed by atoms with E-state index in [1.807, 2.05) is 24.8 Å². The molecule has 370 valence electrons. The number of hydrogen-bond donors (Lipinski definition) is 0. The third kappa shape index (κ3) is 12.3. The second-order valence-electron chi connectivity index (χ2n) is 24.1. The Hall–Kier alpha value is -6.37. The molecule has 9 aromatic rings. The van der Waals surface area contributed by atoms with Crippen LogP contribution in [-0.4, -0.2) is 18.0 Å². The third-order valence-electron chi connectivity index (χ3n) is 14.8. The molecule has 0 bridgehead atoms. The summed E-state index contributed by atoms with van der Waals surface area (Å²) in [5.41, 5.74) is 16.3. The van der Waals surface area contributed by atoms with E-state index < -0.39 is 8.07 Å². The Morgan fingerprint density at radius 1 is 0.486 bits per heavy atom. The average Bonchev–Trinajstić information content (AvgIpc) is 3.32. The SMILES string of the molecule is Cc1ccccc1-c1c2ccc(C3CC[Si](C)(C)CC3)cc2cc[n+]1C.Cc1ccncc1-c1c2ccc(CC(C)(C)C)cc2cc[n+]1C.Cc1cnccc1-c1c2ccc(CC(C)(C)C)cc2cc[n+]1C. The first-order chi connectivity index (χ1) is 34.1. The van der Waals surface area contributed by atoms with Gasteiger partial charge in [0.2, 0.25) is 17.1 Å². The molecule has 1 aliphatic rings. The van der Waals surface area contributed by atoms with Crippen LogP contribution in [0.25, 0.3) is 66.1 Å². The second kappa shape index (κ2) is 21.4. The van der Waals surface area contributed by atoms with Crippen molar-refractivity contribution in [1.82, 2.24) is 9.97 Å². The number of pyridine rings is 5. The Labute approximate surface area is 432 Å². The molecule has 0 atom stereocenters. The van der Waals surface area contributed by atoms with Gasteiger partial charge in [0.15, 0.2) is 18.6 Å². The molecule has 5 aromatic heterocycles. The minimum absolute atomic E-state index is 0.301. The van der Waals surface area contributed by atoms with Crippen molar-refractivity contribution in [2.45, 2.75) is 119 Å². The first kappa shape index (κ1) is 52.0. The lowest BCUT2D eigenvalue weighted by Gasteiger charge is -2.33. The number of benzene rings is 4. The van der Waals surface area contributed by atoms with Crippen LogP contribution in [0.4, 0.5) is 0 Å². The fourth-order valence-electron chi connectivity index (χ4n) is 11.0. The van der Waals surface area contributed by atoms with Crippen molar-refractivity contribution in [3.05, 3.63) is 186 Å². The Morgan fingerprint density at radius 2 is 0.931 bits per heavy atom. The van der Waals surface area contributed by atoms with Crippen LogP contribution in [0.15, 0.2) is 153 Å². The number of nitrogens with zero attached hydrogens (tertiary/aromatic N) is 5. The van der Waals surface area contributed by atoms with E-state index in [9.17, 15) is 0 Å². The fourth-order valence-corrected chi connectivity index (χ4v) is 13.5. The van der Waals surface area contributed by atoms with E-state index in [1.165, 1.54) is 119 Å². The van der Waals surface area contributed by atoms with Crippen LogP contribution in [0, 0.1) is 31.6 Å². The van der Waals surface area contributed by atoms with Gasteiger partial charge in [-0.05, 0) is 149 Å². The highest BCUT2D eigenvalue weighted by Gasteiger charge is 2.30. The summed E-state index contributed by atoms with van der Waals surface area (Å²) in [6.45, 7) is 25.3. The normalized spacial score (nSPS) is 13.9. The zero-order valence-corrected chi connectivity index (χ0v) is 47.0. The summed E-state index contributed by atoms with van der Waals surface area (Å²) in [4.78, 5) is 8.55. The molecular weight excluding hydrogens is 891 g/mol. The van der Waals surface area contributed by atoms with Gasteiger partial charge in [-0.25, -0.2) is 13.7 Å². The Morgan fingerprint density at radius 3 is 1.43 bits per heavy atom. The molecule has 6 heteroatoms. The van der Waals surface area contributed by atoms with Gasteiger partial charge in [-0.3, -0.25) is 9.97 Å². The molecule has 5 nitrogen and oxygen atoms in total. The van der Waals surface area contributed by atoms with Gasteiger partial charge in [-0.1, -0.05) is 121 Å². The van der Waals surface area contributed by atoms with Gasteiger partial charge in [0.05, 0.1) is 27.3 Å². The zero-order chi connectivity index (χ0) is 51.5. The van der Waals surface area contributed by atoms with Crippen LogP contribution in [0.5, 0.6) is 0 Å². The molecule has 1 aliphatic heterocycles. The molecule has 10 rings (SSSR count). The number of aromatic nitrogens is 5. The van der Waals surface area contributed by atoms with E-state index in [0.717, 1.165) is 18.8 Å². The maximum Gasteiger partial charge on any atom is 0.221 e. The summed E-state index contributed by atoms with van der Waals surface area (Å²) in [7, 11) is 5.48. The van der Waals surface area contributed by atoms with E-state index in [0.29, 0.717) is 10.8 Å². The van der Waals surface area contributed by atoms with E-state index >= 15 is 0 Å². The average molecular weight is 971 g/mol. The minimum Gasteiger partial charge on any atom is -0.264 e. The highest BCUT2D eigenvalue weighted by atomic mass is 28.3. The predicted octanol–water partition coefficient (Wildman–Crippen LogP) is 15.5. The molecule has 1 saturated heterocycles. The topological polar surface area (TPSA) is 37.4 Å². The Balaban J connectivity index is 0.000000145. The van der Waals surface area contributed by atoms with Crippen LogP contribution in [0.3, 0.4) is 0 Å². The molecule has 0 radical (unpaired) electrons. The van der Waals surface area contributed by atoms with Crippen LogP contribution >= 0.6 is 0 Å². The summed E-state index contributed by atoms with van der Waals surface area (Å²) in [5.74, 6) is 0.760. The van der Waals surface area contributed by atoms with Crippen molar-refractivity contribution in [2.75, 3.05) is 0 Å². The van der Waals surface area contributed by atoms with Crippen molar-refractivity contribution >= 4 is 40.4 Å². The summed E-state index contributed by atoms with van der Waals surface area (Å²) in [5, 5.41) is 7.91. The molecule has 0 saturated carbocycles. The molecule has 0 unspecified atom stereocenters. The Bertz CT molecular complexity index is 3230. The predicted molar refractivity (Wildman–Crippen MR) is 307 cm³/mol. The maximum atomic E-state index is 4.32. The zero-order valence-electron chi connectivity index (χ0n) is 46.0. The number of aryl methyl sites for hydroxylation is 6. The summed E-state index contributed by atoms with van der Waals surface area (Å²) >= 11 is 0. The molecule has 4 aromatic carbocycles. The van der Waals surface area contributed by atoms with Gasteiger partial charge in [0.25, 0.3) is 0 Å². The molecule has 6 heterocycles. The van der Waals surface area contributed by atoms with Crippen molar-refractivity contribution < 1.29 is 13.7 Å². The van der Waals surface area contributed by atoms with Crippen LogP contribution in [-0.2, 0) is 34.0 Å². The third-order valence-corrected chi connectivity index (χ3v) is 18.1. The van der Waals surface area contributed by atoms with Crippen LogP contribution in [0.2, 0.25) is 25.2 Å². The van der Waals surface area contributed by atoms with Crippen LogP contribution in [0.1, 0.15) is 93.7 Å². The first-order valence-electron chi connectivity index (χ1n) is 26.3. The number of fused-ring (bicyclic) bond motifs is 3. The highest BCUT2D eigenvalue weighted by molar-refractivity contribution is 6.77. The molecule has 0 aliphatic carbocycles. The molecule has 1 fully saturated rings.